The molecule has 2 aromatic carbocycles. The van der Waals surface area contributed by atoms with Gasteiger partial charge >= 0.3 is 6.03 Å². The van der Waals surface area contributed by atoms with Crippen molar-refractivity contribution in [2.75, 3.05) is 18.0 Å². The third-order valence-electron chi connectivity index (χ3n) is 4.88. The van der Waals surface area contributed by atoms with Crippen LogP contribution in [0.4, 0.5) is 14.9 Å². The van der Waals surface area contributed by atoms with Gasteiger partial charge in [0.15, 0.2) is 0 Å². The van der Waals surface area contributed by atoms with Crippen LogP contribution in [-0.2, 0) is 11.2 Å². The van der Waals surface area contributed by atoms with E-state index < -0.39 is 12.1 Å². The lowest BCUT2D eigenvalue weighted by Crippen LogP contribution is -2.55. The van der Waals surface area contributed by atoms with Crippen LogP contribution in [0.25, 0.3) is 0 Å². The molecule has 28 heavy (non-hydrogen) atoms. The molecule has 4 N–H and O–H groups in total. The molecule has 1 aliphatic rings. The van der Waals surface area contributed by atoms with Crippen molar-refractivity contribution in [3.8, 4) is 0 Å². The summed E-state index contributed by atoms with van der Waals surface area (Å²) in [4.78, 5) is 26.1. The number of primary amides is 1. The molecule has 0 aliphatic carbocycles. The largest absolute Gasteiger partial charge is 0.367 e. The van der Waals surface area contributed by atoms with Crippen molar-refractivity contribution >= 4 is 17.6 Å². The Labute approximate surface area is 163 Å². The molecule has 1 heterocycles. The molecule has 2 unspecified atom stereocenters. The summed E-state index contributed by atoms with van der Waals surface area (Å²) in [6, 6.07) is 14.4. The topological polar surface area (TPSA) is 87.5 Å². The molecule has 0 saturated carbocycles. The number of halogens is 1. The van der Waals surface area contributed by atoms with Gasteiger partial charge in [-0.2, -0.15) is 0 Å². The Morgan fingerprint density at radius 2 is 1.86 bits per heavy atom. The zero-order valence-electron chi connectivity index (χ0n) is 15.6. The predicted molar refractivity (Wildman–Crippen MR) is 106 cm³/mol. The maximum absolute atomic E-state index is 14.1. The van der Waals surface area contributed by atoms with E-state index in [4.69, 9.17) is 5.73 Å². The van der Waals surface area contributed by atoms with E-state index >= 15 is 0 Å². The van der Waals surface area contributed by atoms with E-state index in [1.165, 1.54) is 6.07 Å². The van der Waals surface area contributed by atoms with Gasteiger partial charge in [0.2, 0.25) is 5.91 Å². The summed E-state index contributed by atoms with van der Waals surface area (Å²) in [5.74, 6) is -0.560. The number of nitrogens with zero attached hydrogens (tertiary/aromatic N) is 1. The lowest BCUT2D eigenvalue weighted by molar-refractivity contribution is -0.123. The van der Waals surface area contributed by atoms with E-state index in [0.717, 1.165) is 24.9 Å². The normalized spacial score (nSPS) is 17.6. The molecule has 0 radical (unpaired) electrons. The third kappa shape index (κ3) is 5.22. The number of rotatable bonds is 6. The summed E-state index contributed by atoms with van der Waals surface area (Å²) in [5.41, 5.74) is 6.72. The molecule has 0 spiro atoms. The highest BCUT2D eigenvalue weighted by Crippen LogP contribution is 2.23. The standard InChI is InChI=1S/C21H25FN4O2/c22-17-10-4-5-11-19(17)26-12-6-9-16(14-26)24-20(27)18(25-21(23)28)13-15-7-2-1-3-8-15/h1-5,7-8,10-11,16,18H,6,9,12-14H2,(H,24,27)(H3,23,25,28). The lowest BCUT2D eigenvalue weighted by Gasteiger charge is -2.35. The number of urea groups is 1. The van der Waals surface area contributed by atoms with Crippen molar-refractivity contribution < 1.29 is 14.0 Å². The molecule has 0 aromatic heterocycles. The molecule has 6 nitrogen and oxygen atoms in total. The molecule has 148 valence electrons. The average Bonchev–Trinajstić information content (AvgIpc) is 2.68. The molecule has 1 fully saturated rings. The molecule has 3 amide bonds. The zero-order valence-corrected chi connectivity index (χ0v) is 15.6. The van der Waals surface area contributed by atoms with Crippen LogP contribution in [0.1, 0.15) is 18.4 Å². The van der Waals surface area contributed by atoms with Gasteiger partial charge in [0.05, 0.1) is 5.69 Å². The van der Waals surface area contributed by atoms with Crippen molar-refractivity contribution in [1.29, 1.82) is 0 Å². The van der Waals surface area contributed by atoms with Crippen LogP contribution >= 0.6 is 0 Å². The number of carbonyl (C=O) groups excluding carboxylic acids is 2. The van der Waals surface area contributed by atoms with Crippen molar-refractivity contribution in [3.05, 3.63) is 66.0 Å². The average molecular weight is 384 g/mol. The van der Waals surface area contributed by atoms with Gasteiger partial charge < -0.3 is 21.3 Å². The maximum Gasteiger partial charge on any atom is 0.312 e. The first-order valence-electron chi connectivity index (χ1n) is 9.42. The second-order valence-corrected chi connectivity index (χ2v) is 7.00. The Morgan fingerprint density at radius 1 is 1.14 bits per heavy atom. The number of carbonyl (C=O) groups is 2. The maximum atomic E-state index is 14.1. The second kappa shape index (κ2) is 9.21. The highest BCUT2D eigenvalue weighted by Gasteiger charge is 2.27. The van der Waals surface area contributed by atoms with Crippen LogP contribution in [0.5, 0.6) is 0 Å². The molecule has 7 heteroatoms. The Kier molecular flexibility index (Phi) is 6.47. The highest BCUT2D eigenvalue weighted by molar-refractivity contribution is 5.87. The van der Waals surface area contributed by atoms with Gasteiger partial charge in [-0.1, -0.05) is 42.5 Å². The number of hydrogen-bond acceptors (Lipinski definition) is 3. The van der Waals surface area contributed by atoms with Gasteiger partial charge in [0.1, 0.15) is 11.9 Å². The van der Waals surface area contributed by atoms with E-state index in [0.29, 0.717) is 18.7 Å². The van der Waals surface area contributed by atoms with Gasteiger partial charge in [-0.15, -0.1) is 0 Å². The fourth-order valence-electron chi connectivity index (χ4n) is 3.55. The van der Waals surface area contributed by atoms with Crippen molar-refractivity contribution in [3.63, 3.8) is 0 Å². The van der Waals surface area contributed by atoms with Crippen LogP contribution < -0.4 is 21.3 Å². The van der Waals surface area contributed by atoms with E-state index in [-0.39, 0.29) is 17.8 Å². The zero-order chi connectivity index (χ0) is 19.9. The number of hydrogen-bond donors (Lipinski definition) is 3. The summed E-state index contributed by atoms with van der Waals surface area (Å²) < 4.78 is 14.1. The minimum atomic E-state index is -0.760. The summed E-state index contributed by atoms with van der Waals surface area (Å²) in [6.45, 7) is 1.25. The molecule has 0 bridgehead atoms. The van der Waals surface area contributed by atoms with E-state index in [1.807, 2.05) is 35.2 Å². The number of benzene rings is 2. The molecular weight excluding hydrogens is 359 g/mol. The van der Waals surface area contributed by atoms with Crippen LogP contribution in [0.15, 0.2) is 54.6 Å². The van der Waals surface area contributed by atoms with Gasteiger partial charge in [-0.3, -0.25) is 4.79 Å². The van der Waals surface area contributed by atoms with Crippen LogP contribution in [0.2, 0.25) is 0 Å². The Morgan fingerprint density at radius 3 is 2.57 bits per heavy atom. The van der Waals surface area contributed by atoms with Gasteiger partial charge in [-0.25, -0.2) is 9.18 Å². The van der Waals surface area contributed by atoms with E-state index in [9.17, 15) is 14.0 Å². The first kappa shape index (κ1) is 19.7. The van der Waals surface area contributed by atoms with Crippen molar-refractivity contribution in [2.45, 2.75) is 31.3 Å². The van der Waals surface area contributed by atoms with E-state index in [1.54, 1.807) is 18.2 Å². The molecular formula is C21H25FN4O2. The Balaban J connectivity index is 1.65. The summed E-state index contributed by atoms with van der Waals surface area (Å²) in [5, 5.41) is 5.51. The van der Waals surface area contributed by atoms with Crippen molar-refractivity contribution in [1.82, 2.24) is 10.6 Å². The minimum absolute atomic E-state index is 0.131. The van der Waals surface area contributed by atoms with Crippen molar-refractivity contribution in [2.24, 2.45) is 5.73 Å². The van der Waals surface area contributed by atoms with Crippen LogP contribution in [0, 0.1) is 5.82 Å². The second-order valence-electron chi connectivity index (χ2n) is 7.00. The summed E-state index contributed by atoms with van der Waals surface area (Å²) in [6.07, 6.45) is 1.98. The highest BCUT2D eigenvalue weighted by atomic mass is 19.1. The Hall–Kier alpha value is -3.09. The monoisotopic (exact) mass is 384 g/mol. The fourth-order valence-corrected chi connectivity index (χ4v) is 3.55. The van der Waals surface area contributed by atoms with Crippen LogP contribution in [-0.4, -0.2) is 37.1 Å². The number of anilines is 1. The molecule has 2 atom stereocenters. The third-order valence-corrected chi connectivity index (χ3v) is 4.88. The Bertz CT molecular complexity index is 815. The van der Waals surface area contributed by atoms with Gasteiger partial charge in [-0.05, 0) is 30.5 Å². The number of amides is 3. The van der Waals surface area contributed by atoms with E-state index in [2.05, 4.69) is 10.6 Å². The molecule has 1 aliphatic heterocycles. The number of para-hydroxylation sites is 1. The predicted octanol–water partition coefficient (Wildman–Crippen LogP) is 2.19. The SMILES string of the molecule is NC(=O)NC(Cc1ccccc1)C(=O)NC1CCCN(c2ccccc2F)C1. The quantitative estimate of drug-likeness (QED) is 0.713. The smallest absolute Gasteiger partial charge is 0.312 e. The first-order valence-corrected chi connectivity index (χ1v) is 9.42. The fraction of sp³-hybridized carbons (Fsp3) is 0.333. The number of piperidine rings is 1. The van der Waals surface area contributed by atoms with Crippen LogP contribution in [0.3, 0.4) is 0 Å². The van der Waals surface area contributed by atoms with Gasteiger partial charge in [0, 0.05) is 25.6 Å². The van der Waals surface area contributed by atoms with Gasteiger partial charge in [0.25, 0.3) is 0 Å². The first-order chi connectivity index (χ1) is 13.5. The lowest BCUT2D eigenvalue weighted by atomic mass is 10.0. The summed E-state index contributed by atoms with van der Waals surface area (Å²) in [7, 11) is 0. The molecule has 2 aromatic rings. The summed E-state index contributed by atoms with van der Waals surface area (Å²) >= 11 is 0. The number of nitrogens with one attached hydrogen (secondary N) is 2. The molecule has 1 saturated heterocycles. The minimum Gasteiger partial charge on any atom is -0.367 e. The number of nitrogens with two attached hydrogens (primary N) is 1. The molecule has 3 rings (SSSR count).